The maximum atomic E-state index is 10.3. The number of carbonyl (C=O) groups is 1. The molecule has 1 aromatic rings. The molecule has 0 aliphatic heterocycles. The molecule has 0 saturated carbocycles. The number of nitrogens with one attached hydrogen (secondary N) is 1. The minimum absolute atomic E-state index is 0.0472. The molecule has 0 bridgehead atoms. The molecule has 17 heavy (non-hydrogen) atoms. The predicted octanol–water partition coefficient (Wildman–Crippen LogP) is 2.68. The molecular formula is C15H23NO. The first-order valence-corrected chi connectivity index (χ1v) is 6.12. The van der Waals surface area contributed by atoms with Gasteiger partial charge in [-0.3, -0.25) is 0 Å². The normalized spacial score (nSPS) is 11.6. The van der Waals surface area contributed by atoms with Crippen molar-refractivity contribution >= 4 is 6.29 Å². The van der Waals surface area contributed by atoms with E-state index in [0.29, 0.717) is 6.54 Å². The van der Waals surface area contributed by atoms with Crippen molar-refractivity contribution in [1.29, 1.82) is 0 Å². The van der Waals surface area contributed by atoms with Crippen LogP contribution >= 0.6 is 0 Å². The first kappa shape index (κ1) is 13.9. The number of rotatable bonds is 5. The maximum absolute atomic E-state index is 10.3. The van der Waals surface area contributed by atoms with E-state index in [1.54, 1.807) is 0 Å². The Morgan fingerprint density at radius 2 is 1.82 bits per heavy atom. The fourth-order valence-electron chi connectivity index (χ4n) is 2.23. The van der Waals surface area contributed by atoms with Gasteiger partial charge in [0.05, 0.1) is 6.54 Å². The van der Waals surface area contributed by atoms with E-state index < -0.39 is 0 Å². The monoisotopic (exact) mass is 233 g/mol. The molecule has 0 aliphatic carbocycles. The summed E-state index contributed by atoms with van der Waals surface area (Å²) in [7, 11) is 0. The molecule has 0 aliphatic rings. The van der Waals surface area contributed by atoms with E-state index in [4.69, 9.17) is 0 Å². The fourth-order valence-corrected chi connectivity index (χ4v) is 2.23. The minimum Gasteiger partial charge on any atom is -0.309 e. The number of carbonyl (C=O) groups excluding carboxylic acids is 1. The van der Waals surface area contributed by atoms with Gasteiger partial charge in [0.2, 0.25) is 0 Å². The maximum Gasteiger partial charge on any atom is 0.133 e. The second-order valence-electron chi connectivity index (χ2n) is 5.36. The molecule has 0 aromatic heterocycles. The molecule has 0 radical (unpaired) electrons. The van der Waals surface area contributed by atoms with E-state index in [9.17, 15) is 4.79 Å². The highest BCUT2D eigenvalue weighted by molar-refractivity contribution is 5.52. The van der Waals surface area contributed by atoms with Crippen LogP contribution in [0.25, 0.3) is 0 Å². The van der Waals surface area contributed by atoms with Crippen LogP contribution in [-0.4, -0.2) is 19.4 Å². The number of benzene rings is 1. The molecule has 94 valence electrons. The first-order chi connectivity index (χ1) is 7.90. The molecule has 0 saturated heterocycles. The topological polar surface area (TPSA) is 29.1 Å². The molecular weight excluding hydrogens is 210 g/mol. The van der Waals surface area contributed by atoms with E-state index in [0.717, 1.165) is 12.8 Å². The number of aryl methyl sites for hydroxylation is 1. The van der Waals surface area contributed by atoms with E-state index in [1.807, 2.05) is 0 Å². The molecule has 1 rings (SSSR count). The molecule has 0 atom stereocenters. The van der Waals surface area contributed by atoms with Gasteiger partial charge in [-0.05, 0) is 43.0 Å². The summed E-state index contributed by atoms with van der Waals surface area (Å²) in [6, 6.07) is 4.39. The summed E-state index contributed by atoms with van der Waals surface area (Å²) >= 11 is 0. The second kappa shape index (κ2) is 5.46. The average Bonchev–Trinajstić information content (AvgIpc) is 2.26. The Kier molecular flexibility index (Phi) is 4.47. The van der Waals surface area contributed by atoms with Crippen LogP contribution in [0.2, 0.25) is 0 Å². The lowest BCUT2D eigenvalue weighted by molar-refractivity contribution is -0.107. The largest absolute Gasteiger partial charge is 0.309 e. The Labute approximate surface area is 104 Å². The summed E-state index contributed by atoms with van der Waals surface area (Å²) in [5.74, 6) is 0. The van der Waals surface area contributed by atoms with Gasteiger partial charge in [-0.15, -0.1) is 0 Å². The van der Waals surface area contributed by atoms with Crippen molar-refractivity contribution in [3.05, 3.63) is 34.4 Å². The number of hydrogen-bond acceptors (Lipinski definition) is 2. The van der Waals surface area contributed by atoms with Gasteiger partial charge < -0.3 is 10.1 Å². The van der Waals surface area contributed by atoms with Crippen LogP contribution in [0, 0.1) is 20.8 Å². The number of aldehydes is 1. The second-order valence-corrected chi connectivity index (χ2v) is 5.36. The van der Waals surface area contributed by atoms with E-state index in [-0.39, 0.29) is 5.41 Å². The van der Waals surface area contributed by atoms with Crippen molar-refractivity contribution < 1.29 is 4.79 Å². The Morgan fingerprint density at radius 3 is 2.41 bits per heavy atom. The van der Waals surface area contributed by atoms with Crippen molar-refractivity contribution in [2.24, 2.45) is 0 Å². The van der Waals surface area contributed by atoms with E-state index >= 15 is 0 Å². The smallest absolute Gasteiger partial charge is 0.133 e. The van der Waals surface area contributed by atoms with Crippen LogP contribution in [-0.2, 0) is 10.2 Å². The zero-order chi connectivity index (χ0) is 13.1. The van der Waals surface area contributed by atoms with E-state index in [1.165, 1.54) is 22.3 Å². The Balaban J connectivity index is 2.98. The van der Waals surface area contributed by atoms with Crippen molar-refractivity contribution in [1.82, 2.24) is 5.32 Å². The predicted molar refractivity (Wildman–Crippen MR) is 72.6 cm³/mol. The third kappa shape index (κ3) is 3.16. The summed E-state index contributed by atoms with van der Waals surface area (Å²) in [6.07, 6.45) is 0.906. The van der Waals surface area contributed by atoms with Crippen LogP contribution in [0.1, 0.15) is 36.1 Å². The minimum atomic E-state index is 0.0472. The third-order valence-electron chi connectivity index (χ3n) is 3.58. The van der Waals surface area contributed by atoms with Gasteiger partial charge in [0.25, 0.3) is 0 Å². The summed E-state index contributed by atoms with van der Waals surface area (Å²) in [5, 5.41) is 3.17. The SMILES string of the molecule is Cc1ccc(C(C)(C)CNCC=O)c(C)c1C. The van der Waals surface area contributed by atoms with Crippen molar-refractivity contribution in [3.63, 3.8) is 0 Å². The molecule has 1 N–H and O–H groups in total. The zero-order valence-corrected chi connectivity index (χ0v) is 11.6. The number of hydrogen-bond donors (Lipinski definition) is 1. The van der Waals surface area contributed by atoms with Crippen LogP contribution in [0.15, 0.2) is 12.1 Å². The average molecular weight is 233 g/mol. The first-order valence-electron chi connectivity index (χ1n) is 6.12. The van der Waals surface area contributed by atoms with Crippen molar-refractivity contribution in [2.45, 2.75) is 40.0 Å². The summed E-state index contributed by atoms with van der Waals surface area (Å²) in [5.41, 5.74) is 5.47. The standard InChI is InChI=1S/C15H23NO/c1-11-6-7-14(13(3)12(11)2)15(4,5)10-16-8-9-17/h6-7,9,16H,8,10H2,1-5H3. The third-order valence-corrected chi connectivity index (χ3v) is 3.58. The van der Waals surface area contributed by atoms with Gasteiger partial charge in [-0.1, -0.05) is 26.0 Å². The van der Waals surface area contributed by atoms with Crippen LogP contribution in [0.5, 0.6) is 0 Å². The van der Waals surface area contributed by atoms with Gasteiger partial charge in [0.15, 0.2) is 0 Å². The van der Waals surface area contributed by atoms with Crippen LogP contribution < -0.4 is 5.32 Å². The van der Waals surface area contributed by atoms with Gasteiger partial charge in [0, 0.05) is 12.0 Å². The van der Waals surface area contributed by atoms with Gasteiger partial charge in [-0.25, -0.2) is 0 Å². The molecule has 0 amide bonds. The highest BCUT2D eigenvalue weighted by Gasteiger charge is 2.22. The van der Waals surface area contributed by atoms with Gasteiger partial charge in [0.1, 0.15) is 6.29 Å². The van der Waals surface area contributed by atoms with Gasteiger partial charge in [-0.2, -0.15) is 0 Å². The lowest BCUT2D eigenvalue weighted by atomic mass is 9.80. The Morgan fingerprint density at radius 1 is 1.18 bits per heavy atom. The van der Waals surface area contributed by atoms with Gasteiger partial charge >= 0.3 is 0 Å². The molecule has 2 nitrogen and oxygen atoms in total. The summed E-state index contributed by atoms with van der Waals surface area (Å²) in [4.78, 5) is 10.3. The molecule has 0 heterocycles. The van der Waals surface area contributed by atoms with Crippen LogP contribution in [0.3, 0.4) is 0 Å². The molecule has 2 heteroatoms. The summed E-state index contributed by atoms with van der Waals surface area (Å²) in [6.45, 7) is 12.2. The highest BCUT2D eigenvalue weighted by Crippen LogP contribution is 2.28. The van der Waals surface area contributed by atoms with E-state index in [2.05, 4.69) is 52.1 Å². The lowest BCUT2D eigenvalue weighted by Gasteiger charge is -2.28. The molecule has 0 fully saturated rings. The Bertz CT molecular complexity index is 408. The summed E-state index contributed by atoms with van der Waals surface area (Å²) < 4.78 is 0. The van der Waals surface area contributed by atoms with Crippen molar-refractivity contribution in [2.75, 3.05) is 13.1 Å². The fraction of sp³-hybridized carbons (Fsp3) is 0.533. The zero-order valence-electron chi connectivity index (χ0n) is 11.6. The molecule has 0 unspecified atom stereocenters. The lowest BCUT2D eigenvalue weighted by Crippen LogP contribution is -2.34. The quantitative estimate of drug-likeness (QED) is 0.626. The molecule has 0 spiro atoms. The van der Waals surface area contributed by atoms with Crippen LogP contribution in [0.4, 0.5) is 0 Å². The highest BCUT2D eigenvalue weighted by atomic mass is 16.1. The van der Waals surface area contributed by atoms with Crippen molar-refractivity contribution in [3.8, 4) is 0 Å². The molecule has 1 aromatic carbocycles. The Hall–Kier alpha value is -1.15.